The Balaban J connectivity index is 1.89. The van der Waals surface area contributed by atoms with Gasteiger partial charge in [-0.05, 0) is 38.8 Å². The molecule has 0 aromatic heterocycles. The Morgan fingerprint density at radius 2 is 1.84 bits per heavy atom. The number of aliphatic carboxylic acids is 2. The van der Waals surface area contributed by atoms with Crippen LogP contribution in [0.4, 0.5) is 0 Å². The van der Waals surface area contributed by atoms with E-state index in [1.807, 2.05) is 0 Å². The molecule has 19 heavy (non-hydrogen) atoms. The fourth-order valence-electron chi connectivity index (χ4n) is 3.25. The summed E-state index contributed by atoms with van der Waals surface area (Å²) in [5, 5.41) is 17.9. The molecule has 6 nitrogen and oxygen atoms in total. The molecule has 2 saturated heterocycles. The van der Waals surface area contributed by atoms with Crippen molar-refractivity contribution in [3.05, 3.63) is 0 Å². The molecule has 2 atom stereocenters. The Bertz CT molecular complexity index is 348. The van der Waals surface area contributed by atoms with Crippen molar-refractivity contribution in [2.75, 3.05) is 26.2 Å². The monoisotopic (exact) mass is 270 g/mol. The van der Waals surface area contributed by atoms with Crippen LogP contribution in [-0.4, -0.2) is 70.2 Å². The number of rotatable bonds is 5. The maximum atomic E-state index is 11.2. The Morgan fingerprint density at radius 1 is 1.11 bits per heavy atom. The van der Waals surface area contributed by atoms with Gasteiger partial charge in [0.2, 0.25) is 0 Å². The number of hydrogen-bond donors (Lipinski definition) is 2. The standard InChI is InChI=1S/C13H22N2O4/c16-12(17)5-8-14-6-1-3-10(9-14)15-7-2-4-11(15)13(18)19/h10-11H,1-9H2,(H,16,17)(H,18,19). The summed E-state index contributed by atoms with van der Waals surface area (Å²) in [5.74, 6) is -1.49. The average Bonchev–Trinajstić information content (AvgIpc) is 2.86. The number of carboxylic acids is 2. The normalized spacial score (nSPS) is 29.5. The second-order valence-corrected chi connectivity index (χ2v) is 5.47. The summed E-state index contributed by atoms with van der Waals surface area (Å²) >= 11 is 0. The molecule has 6 heteroatoms. The Hall–Kier alpha value is -1.14. The highest BCUT2D eigenvalue weighted by atomic mass is 16.4. The van der Waals surface area contributed by atoms with E-state index in [2.05, 4.69) is 9.80 Å². The zero-order valence-electron chi connectivity index (χ0n) is 11.1. The molecule has 0 aromatic carbocycles. The van der Waals surface area contributed by atoms with E-state index in [9.17, 15) is 14.7 Å². The first-order chi connectivity index (χ1) is 9.08. The molecular formula is C13H22N2O4. The summed E-state index contributed by atoms with van der Waals surface area (Å²) in [6.45, 7) is 3.15. The molecule has 0 aliphatic carbocycles. The highest BCUT2D eigenvalue weighted by Gasteiger charge is 2.36. The second kappa shape index (κ2) is 6.34. The van der Waals surface area contributed by atoms with Gasteiger partial charge in [-0.1, -0.05) is 0 Å². The van der Waals surface area contributed by atoms with E-state index in [0.29, 0.717) is 6.54 Å². The van der Waals surface area contributed by atoms with E-state index in [-0.39, 0.29) is 18.5 Å². The van der Waals surface area contributed by atoms with Crippen molar-refractivity contribution in [2.24, 2.45) is 0 Å². The van der Waals surface area contributed by atoms with E-state index in [1.165, 1.54) is 0 Å². The minimum Gasteiger partial charge on any atom is -0.481 e. The first-order valence-corrected chi connectivity index (χ1v) is 7.00. The lowest BCUT2D eigenvalue weighted by Gasteiger charge is -2.39. The van der Waals surface area contributed by atoms with E-state index >= 15 is 0 Å². The quantitative estimate of drug-likeness (QED) is 0.756. The number of carbonyl (C=O) groups is 2. The van der Waals surface area contributed by atoms with E-state index in [1.54, 1.807) is 0 Å². The van der Waals surface area contributed by atoms with Crippen LogP contribution in [-0.2, 0) is 9.59 Å². The van der Waals surface area contributed by atoms with E-state index in [4.69, 9.17) is 5.11 Å². The highest BCUT2D eigenvalue weighted by molar-refractivity contribution is 5.73. The molecule has 108 valence electrons. The molecule has 2 aliphatic rings. The van der Waals surface area contributed by atoms with Crippen molar-refractivity contribution in [1.82, 2.24) is 9.80 Å². The third kappa shape index (κ3) is 3.67. The lowest BCUT2D eigenvalue weighted by Crippen LogP contribution is -2.51. The lowest BCUT2D eigenvalue weighted by atomic mass is 10.0. The van der Waals surface area contributed by atoms with Crippen LogP contribution in [0.5, 0.6) is 0 Å². The Morgan fingerprint density at radius 3 is 2.53 bits per heavy atom. The number of piperidine rings is 1. The zero-order chi connectivity index (χ0) is 13.8. The number of hydrogen-bond acceptors (Lipinski definition) is 4. The zero-order valence-corrected chi connectivity index (χ0v) is 11.1. The number of carboxylic acid groups (broad SMARTS) is 2. The van der Waals surface area contributed by atoms with Crippen LogP contribution in [0.15, 0.2) is 0 Å². The summed E-state index contributed by atoms with van der Waals surface area (Å²) < 4.78 is 0. The molecule has 0 amide bonds. The second-order valence-electron chi connectivity index (χ2n) is 5.47. The smallest absolute Gasteiger partial charge is 0.320 e. The van der Waals surface area contributed by atoms with Crippen LogP contribution in [0.25, 0.3) is 0 Å². The largest absolute Gasteiger partial charge is 0.481 e. The molecule has 0 radical (unpaired) electrons. The molecule has 2 fully saturated rings. The van der Waals surface area contributed by atoms with Crippen molar-refractivity contribution >= 4 is 11.9 Å². The lowest BCUT2D eigenvalue weighted by molar-refractivity contribution is -0.143. The van der Waals surface area contributed by atoms with Crippen molar-refractivity contribution in [1.29, 1.82) is 0 Å². The van der Waals surface area contributed by atoms with Crippen molar-refractivity contribution in [3.63, 3.8) is 0 Å². The average molecular weight is 270 g/mol. The summed E-state index contributed by atoms with van der Waals surface area (Å²) in [5.41, 5.74) is 0. The van der Waals surface area contributed by atoms with Crippen LogP contribution < -0.4 is 0 Å². The van der Waals surface area contributed by atoms with Crippen LogP contribution in [0, 0.1) is 0 Å². The first-order valence-electron chi connectivity index (χ1n) is 7.00. The number of likely N-dealkylation sites (tertiary alicyclic amines) is 2. The van der Waals surface area contributed by atoms with E-state index < -0.39 is 11.9 Å². The molecule has 0 saturated carbocycles. The van der Waals surface area contributed by atoms with Gasteiger partial charge in [0.05, 0.1) is 6.42 Å². The predicted molar refractivity (Wildman–Crippen MR) is 69.1 cm³/mol. The van der Waals surface area contributed by atoms with Gasteiger partial charge in [-0.3, -0.25) is 14.5 Å². The molecule has 2 rings (SSSR count). The molecule has 2 aliphatic heterocycles. The third-order valence-electron chi connectivity index (χ3n) is 4.17. The SMILES string of the molecule is O=C(O)CCN1CCCC(N2CCCC2C(=O)O)C1. The topological polar surface area (TPSA) is 81.1 Å². The summed E-state index contributed by atoms with van der Waals surface area (Å²) in [7, 11) is 0. The minimum atomic E-state index is -0.772. The maximum Gasteiger partial charge on any atom is 0.320 e. The van der Waals surface area contributed by atoms with Gasteiger partial charge >= 0.3 is 11.9 Å². The van der Waals surface area contributed by atoms with Gasteiger partial charge < -0.3 is 15.1 Å². The van der Waals surface area contributed by atoms with Gasteiger partial charge in [0, 0.05) is 19.1 Å². The molecule has 2 unspecified atom stereocenters. The minimum absolute atomic E-state index is 0.162. The van der Waals surface area contributed by atoms with Gasteiger partial charge in [-0.15, -0.1) is 0 Å². The van der Waals surface area contributed by atoms with Crippen LogP contribution in [0.3, 0.4) is 0 Å². The van der Waals surface area contributed by atoms with Gasteiger partial charge in [0.1, 0.15) is 6.04 Å². The number of nitrogens with zero attached hydrogens (tertiary/aromatic N) is 2. The van der Waals surface area contributed by atoms with Crippen LogP contribution in [0.1, 0.15) is 32.1 Å². The molecule has 0 bridgehead atoms. The Kier molecular flexibility index (Phi) is 4.76. The molecule has 0 aromatic rings. The van der Waals surface area contributed by atoms with Crippen molar-refractivity contribution in [3.8, 4) is 0 Å². The molecular weight excluding hydrogens is 248 g/mol. The maximum absolute atomic E-state index is 11.2. The molecule has 2 heterocycles. The van der Waals surface area contributed by atoms with Crippen molar-refractivity contribution in [2.45, 2.75) is 44.2 Å². The van der Waals surface area contributed by atoms with E-state index in [0.717, 1.165) is 45.3 Å². The summed E-state index contributed by atoms with van der Waals surface area (Å²) in [6.07, 6.45) is 3.89. The third-order valence-corrected chi connectivity index (χ3v) is 4.17. The van der Waals surface area contributed by atoms with Gasteiger partial charge in [-0.25, -0.2) is 0 Å². The fourth-order valence-corrected chi connectivity index (χ4v) is 3.25. The summed E-state index contributed by atoms with van der Waals surface area (Å²) in [6, 6.07) is -0.0735. The van der Waals surface area contributed by atoms with Gasteiger partial charge in [-0.2, -0.15) is 0 Å². The highest BCUT2D eigenvalue weighted by Crippen LogP contribution is 2.25. The van der Waals surface area contributed by atoms with Crippen LogP contribution >= 0.6 is 0 Å². The fraction of sp³-hybridized carbons (Fsp3) is 0.846. The van der Waals surface area contributed by atoms with Gasteiger partial charge in [0.25, 0.3) is 0 Å². The summed E-state index contributed by atoms with van der Waals surface area (Å²) in [4.78, 5) is 26.1. The van der Waals surface area contributed by atoms with Crippen molar-refractivity contribution < 1.29 is 19.8 Å². The first kappa shape index (κ1) is 14.3. The predicted octanol–water partition coefficient (Wildman–Crippen LogP) is 0.474. The van der Waals surface area contributed by atoms with Crippen LogP contribution in [0.2, 0.25) is 0 Å². The molecule has 2 N–H and O–H groups in total. The Labute approximate surface area is 113 Å². The molecule has 0 spiro atoms. The van der Waals surface area contributed by atoms with Gasteiger partial charge in [0.15, 0.2) is 0 Å².